The molecule has 0 unspecified atom stereocenters. The first kappa shape index (κ1) is 13.9. The summed E-state index contributed by atoms with van der Waals surface area (Å²) in [5.41, 5.74) is 1.26. The van der Waals surface area contributed by atoms with Gasteiger partial charge in [-0.15, -0.1) is 0 Å². The third-order valence-corrected chi connectivity index (χ3v) is 3.56. The molecule has 1 amide bonds. The van der Waals surface area contributed by atoms with Crippen LogP contribution in [0.2, 0.25) is 0 Å². The molecule has 4 nitrogen and oxygen atoms in total. The molecule has 0 aliphatic carbocycles. The molecule has 1 aliphatic rings. The normalized spacial score (nSPS) is 16.3. The zero-order chi connectivity index (χ0) is 13.5. The number of benzene rings is 1. The number of amides is 1. The van der Waals surface area contributed by atoms with Gasteiger partial charge in [0.2, 0.25) is 5.91 Å². The molecule has 1 aromatic rings. The SMILES string of the molecule is CNCCC(=O)N1CCCN(c2ccccc2)CC1. The van der Waals surface area contributed by atoms with Crippen molar-refractivity contribution in [3.05, 3.63) is 30.3 Å². The number of nitrogens with one attached hydrogen (secondary N) is 1. The Kier molecular flexibility index (Phi) is 5.21. The highest BCUT2D eigenvalue weighted by atomic mass is 16.2. The molecule has 104 valence electrons. The van der Waals surface area contributed by atoms with E-state index in [0.29, 0.717) is 6.42 Å². The molecule has 4 heteroatoms. The quantitative estimate of drug-likeness (QED) is 0.888. The molecule has 19 heavy (non-hydrogen) atoms. The van der Waals surface area contributed by atoms with E-state index in [0.717, 1.165) is 39.1 Å². The summed E-state index contributed by atoms with van der Waals surface area (Å²) in [6.07, 6.45) is 1.64. The number of rotatable bonds is 4. The van der Waals surface area contributed by atoms with E-state index in [-0.39, 0.29) is 5.91 Å². The van der Waals surface area contributed by atoms with E-state index in [4.69, 9.17) is 0 Å². The van der Waals surface area contributed by atoms with E-state index in [1.165, 1.54) is 5.69 Å². The van der Waals surface area contributed by atoms with Gasteiger partial charge in [-0.25, -0.2) is 0 Å². The molecular weight excluding hydrogens is 238 g/mol. The molecular formula is C15H23N3O. The predicted octanol–water partition coefficient (Wildman–Crippen LogP) is 1.33. The summed E-state index contributed by atoms with van der Waals surface area (Å²) in [6.45, 7) is 4.43. The van der Waals surface area contributed by atoms with Crippen molar-refractivity contribution in [3.8, 4) is 0 Å². The van der Waals surface area contributed by atoms with Crippen LogP contribution in [0.1, 0.15) is 12.8 Å². The second-order valence-electron chi connectivity index (χ2n) is 4.91. The van der Waals surface area contributed by atoms with Gasteiger partial charge in [0, 0.05) is 44.8 Å². The number of para-hydroxylation sites is 1. The summed E-state index contributed by atoms with van der Waals surface area (Å²) in [7, 11) is 1.88. The van der Waals surface area contributed by atoms with E-state index in [1.54, 1.807) is 0 Å². The predicted molar refractivity (Wildman–Crippen MR) is 78.4 cm³/mol. The molecule has 1 saturated heterocycles. The summed E-state index contributed by atoms with van der Waals surface area (Å²) in [4.78, 5) is 16.4. The molecule has 0 spiro atoms. The first-order chi connectivity index (χ1) is 9.31. The van der Waals surface area contributed by atoms with Gasteiger partial charge in [-0.05, 0) is 25.6 Å². The third-order valence-electron chi connectivity index (χ3n) is 3.56. The van der Waals surface area contributed by atoms with Crippen LogP contribution in [-0.2, 0) is 4.79 Å². The summed E-state index contributed by atoms with van der Waals surface area (Å²) in [5, 5.41) is 3.03. The molecule has 1 aromatic carbocycles. The monoisotopic (exact) mass is 261 g/mol. The lowest BCUT2D eigenvalue weighted by Gasteiger charge is -2.23. The van der Waals surface area contributed by atoms with Gasteiger partial charge in [0.05, 0.1) is 0 Å². The Hall–Kier alpha value is -1.55. The average Bonchev–Trinajstić information content (AvgIpc) is 2.71. The Morgan fingerprint density at radius 2 is 1.95 bits per heavy atom. The number of anilines is 1. The van der Waals surface area contributed by atoms with Crippen molar-refractivity contribution in [3.63, 3.8) is 0 Å². The van der Waals surface area contributed by atoms with Gasteiger partial charge in [-0.2, -0.15) is 0 Å². The van der Waals surface area contributed by atoms with E-state index >= 15 is 0 Å². The fourth-order valence-electron chi connectivity index (χ4n) is 2.45. The highest BCUT2D eigenvalue weighted by molar-refractivity contribution is 5.76. The van der Waals surface area contributed by atoms with Crippen molar-refractivity contribution < 1.29 is 4.79 Å². The standard InChI is InChI=1S/C15H23N3O/c1-16-9-8-15(19)18-11-5-10-17(12-13-18)14-6-3-2-4-7-14/h2-4,6-7,16H,5,8-13H2,1H3. The van der Waals surface area contributed by atoms with Crippen LogP contribution < -0.4 is 10.2 Å². The summed E-state index contributed by atoms with van der Waals surface area (Å²) < 4.78 is 0. The summed E-state index contributed by atoms with van der Waals surface area (Å²) in [5.74, 6) is 0.268. The summed E-state index contributed by atoms with van der Waals surface area (Å²) in [6, 6.07) is 10.4. The van der Waals surface area contributed by atoms with E-state index < -0.39 is 0 Å². The lowest BCUT2D eigenvalue weighted by Crippen LogP contribution is -2.36. The number of hydrogen-bond acceptors (Lipinski definition) is 3. The molecule has 1 N–H and O–H groups in total. The zero-order valence-electron chi connectivity index (χ0n) is 11.6. The molecule has 1 heterocycles. The maximum Gasteiger partial charge on any atom is 0.223 e. The molecule has 0 saturated carbocycles. The van der Waals surface area contributed by atoms with Crippen LogP contribution in [0.15, 0.2) is 30.3 Å². The lowest BCUT2D eigenvalue weighted by molar-refractivity contribution is -0.130. The van der Waals surface area contributed by atoms with Crippen LogP contribution in [0.25, 0.3) is 0 Å². The number of nitrogens with zero attached hydrogens (tertiary/aromatic N) is 2. The van der Waals surface area contributed by atoms with Gasteiger partial charge in [-0.3, -0.25) is 4.79 Å². The van der Waals surface area contributed by atoms with Gasteiger partial charge in [0.15, 0.2) is 0 Å². The Morgan fingerprint density at radius 3 is 2.68 bits per heavy atom. The molecule has 0 aromatic heterocycles. The first-order valence-electron chi connectivity index (χ1n) is 7.03. The average molecular weight is 261 g/mol. The maximum absolute atomic E-state index is 12.0. The van der Waals surface area contributed by atoms with Crippen molar-refractivity contribution in [2.24, 2.45) is 0 Å². The Labute approximate surface area is 115 Å². The van der Waals surface area contributed by atoms with Crippen LogP contribution in [0, 0.1) is 0 Å². The maximum atomic E-state index is 12.0. The molecule has 1 fully saturated rings. The van der Waals surface area contributed by atoms with Crippen molar-refractivity contribution >= 4 is 11.6 Å². The second kappa shape index (κ2) is 7.14. The largest absolute Gasteiger partial charge is 0.370 e. The van der Waals surface area contributed by atoms with E-state index in [1.807, 2.05) is 18.0 Å². The molecule has 0 atom stereocenters. The Morgan fingerprint density at radius 1 is 1.16 bits per heavy atom. The topological polar surface area (TPSA) is 35.6 Å². The van der Waals surface area contributed by atoms with Crippen molar-refractivity contribution in [2.75, 3.05) is 44.7 Å². The van der Waals surface area contributed by atoms with Crippen LogP contribution in [0.3, 0.4) is 0 Å². The van der Waals surface area contributed by atoms with Crippen LogP contribution >= 0.6 is 0 Å². The molecule has 1 aliphatic heterocycles. The van der Waals surface area contributed by atoms with Gasteiger partial charge in [0.25, 0.3) is 0 Å². The van der Waals surface area contributed by atoms with Crippen LogP contribution in [0.5, 0.6) is 0 Å². The molecule has 0 bridgehead atoms. The molecule has 0 radical (unpaired) electrons. The highest BCUT2D eigenvalue weighted by Gasteiger charge is 2.18. The van der Waals surface area contributed by atoms with Crippen LogP contribution in [0.4, 0.5) is 5.69 Å². The molecule has 2 rings (SSSR count). The van der Waals surface area contributed by atoms with Gasteiger partial charge in [0.1, 0.15) is 0 Å². The fraction of sp³-hybridized carbons (Fsp3) is 0.533. The first-order valence-corrected chi connectivity index (χ1v) is 7.03. The highest BCUT2D eigenvalue weighted by Crippen LogP contribution is 2.15. The van der Waals surface area contributed by atoms with Crippen molar-refractivity contribution in [2.45, 2.75) is 12.8 Å². The number of hydrogen-bond donors (Lipinski definition) is 1. The van der Waals surface area contributed by atoms with E-state index in [2.05, 4.69) is 34.5 Å². The zero-order valence-corrected chi connectivity index (χ0v) is 11.6. The van der Waals surface area contributed by atoms with E-state index in [9.17, 15) is 4.79 Å². The second-order valence-corrected chi connectivity index (χ2v) is 4.91. The smallest absolute Gasteiger partial charge is 0.223 e. The number of carbonyl (C=O) groups excluding carboxylic acids is 1. The minimum atomic E-state index is 0.268. The van der Waals surface area contributed by atoms with Gasteiger partial charge < -0.3 is 15.1 Å². The van der Waals surface area contributed by atoms with Gasteiger partial charge in [-0.1, -0.05) is 18.2 Å². The Bertz CT molecular complexity index is 394. The van der Waals surface area contributed by atoms with Crippen molar-refractivity contribution in [1.82, 2.24) is 10.2 Å². The number of carbonyl (C=O) groups is 1. The third kappa shape index (κ3) is 3.96. The Balaban J connectivity index is 1.89. The lowest BCUT2D eigenvalue weighted by atomic mass is 10.3. The minimum Gasteiger partial charge on any atom is -0.370 e. The van der Waals surface area contributed by atoms with Gasteiger partial charge >= 0.3 is 0 Å². The minimum absolute atomic E-state index is 0.268. The fourth-order valence-corrected chi connectivity index (χ4v) is 2.45. The van der Waals surface area contributed by atoms with Crippen molar-refractivity contribution in [1.29, 1.82) is 0 Å². The summed E-state index contributed by atoms with van der Waals surface area (Å²) >= 11 is 0. The van der Waals surface area contributed by atoms with Crippen LogP contribution in [-0.4, -0.2) is 50.6 Å².